The average molecular weight is 312 g/mol. The van der Waals surface area contributed by atoms with E-state index in [4.69, 9.17) is 0 Å². The second-order valence-corrected chi connectivity index (χ2v) is 5.85. The highest BCUT2D eigenvalue weighted by Crippen LogP contribution is 2.15. The van der Waals surface area contributed by atoms with E-state index in [1.165, 1.54) is 0 Å². The monoisotopic (exact) mass is 312 g/mol. The van der Waals surface area contributed by atoms with Crippen molar-refractivity contribution in [3.8, 4) is 5.69 Å². The molecule has 6 nitrogen and oxygen atoms in total. The van der Waals surface area contributed by atoms with Crippen LogP contribution < -0.4 is 10.6 Å². The molecule has 1 aliphatic heterocycles. The highest BCUT2D eigenvalue weighted by molar-refractivity contribution is 5.85. The van der Waals surface area contributed by atoms with Crippen molar-refractivity contribution in [3.05, 3.63) is 48.3 Å². The summed E-state index contributed by atoms with van der Waals surface area (Å²) < 4.78 is 1.78. The van der Waals surface area contributed by atoms with Crippen LogP contribution in [0.2, 0.25) is 0 Å². The highest BCUT2D eigenvalue weighted by Gasteiger charge is 2.31. The molecule has 2 aromatic rings. The third-order valence-electron chi connectivity index (χ3n) is 4.15. The van der Waals surface area contributed by atoms with Crippen LogP contribution in [0.1, 0.15) is 18.9 Å². The first kappa shape index (κ1) is 15.4. The Labute approximate surface area is 134 Å². The first-order valence-corrected chi connectivity index (χ1v) is 7.74. The molecule has 1 fully saturated rings. The number of carbonyl (C=O) groups excluding carboxylic acids is 2. The van der Waals surface area contributed by atoms with Gasteiger partial charge in [0.1, 0.15) is 5.78 Å². The van der Waals surface area contributed by atoms with E-state index in [0.29, 0.717) is 19.5 Å². The van der Waals surface area contributed by atoms with Crippen molar-refractivity contribution in [2.24, 2.45) is 5.92 Å². The van der Waals surface area contributed by atoms with Crippen molar-refractivity contribution in [1.82, 2.24) is 20.4 Å². The maximum absolute atomic E-state index is 12.2. The maximum Gasteiger partial charge on any atom is 0.237 e. The Morgan fingerprint density at radius 1 is 1.35 bits per heavy atom. The molecule has 0 spiro atoms. The SMILES string of the molecule is CC(=O)C1CNC(C(=O)NCc2cnn(-c3ccccc3)c2)C1. The average Bonchev–Trinajstić information content (AvgIpc) is 3.23. The van der Waals surface area contributed by atoms with Gasteiger partial charge in [0.15, 0.2) is 0 Å². The normalized spacial score (nSPS) is 20.4. The van der Waals surface area contributed by atoms with Crippen molar-refractivity contribution in [2.75, 3.05) is 6.54 Å². The largest absolute Gasteiger partial charge is 0.351 e. The topological polar surface area (TPSA) is 76.0 Å². The highest BCUT2D eigenvalue weighted by atomic mass is 16.2. The Hall–Kier alpha value is -2.47. The van der Waals surface area contributed by atoms with E-state index >= 15 is 0 Å². The van der Waals surface area contributed by atoms with Gasteiger partial charge in [-0.05, 0) is 25.5 Å². The van der Waals surface area contributed by atoms with Gasteiger partial charge < -0.3 is 10.6 Å². The van der Waals surface area contributed by atoms with Gasteiger partial charge in [-0.15, -0.1) is 0 Å². The molecule has 0 saturated carbocycles. The number of nitrogens with one attached hydrogen (secondary N) is 2. The fraction of sp³-hybridized carbons (Fsp3) is 0.353. The minimum Gasteiger partial charge on any atom is -0.351 e. The third-order valence-corrected chi connectivity index (χ3v) is 4.15. The van der Waals surface area contributed by atoms with Gasteiger partial charge in [-0.2, -0.15) is 5.10 Å². The fourth-order valence-corrected chi connectivity index (χ4v) is 2.73. The van der Waals surface area contributed by atoms with Crippen LogP contribution >= 0.6 is 0 Å². The summed E-state index contributed by atoms with van der Waals surface area (Å²) in [4.78, 5) is 23.5. The number of aromatic nitrogens is 2. The number of amides is 1. The van der Waals surface area contributed by atoms with Gasteiger partial charge in [0.05, 0.1) is 17.9 Å². The van der Waals surface area contributed by atoms with E-state index in [0.717, 1.165) is 11.3 Å². The second-order valence-electron chi connectivity index (χ2n) is 5.85. The van der Waals surface area contributed by atoms with Crippen LogP contribution in [0.25, 0.3) is 5.69 Å². The lowest BCUT2D eigenvalue weighted by Crippen LogP contribution is -2.39. The Bertz CT molecular complexity index is 696. The molecule has 1 saturated heterocycles. The summed E-state index contributed by atoms with van der Waals surface area (Å²) >= 11 is 0. The van der Waals surface area contributed by atoms with Gasteiger partial charge in [-0.25, -0.2) is 4.68 Å². The fourth-order valence-electron chi connectivity index (χ4n) is 2.73. The third kappa shape index (κ3) is 3.65. The van der Waals surface area contributed by atoms with E-state index < -0.39 is 0 Å². The van der Waals surface area contributed by atoms with E-state index in [1.807, 2.05) is 36.5 Å². The number of ketones is 1. The molecule has 6 heteroatoms. The van der Waals surface area contributed by atoms with Crippen molar-refractivity contribution in [3.63, 3.8) is 0 Å². The number of benzene rings is 1. The number of rotatable bonds is 5. The lowest BCUT2D eigenvalue weighted by atomic mass is 10.0. The van der Waals surface area contributed by atoms with Crippen LogP contribution in [-0.4, -0.2) is 34.1 Å². The minimum absolute atomic E-state index is 0.0495. The first-order valence-electron chi connectivity index (χ1n) is 7.74. The van der Waals surface area contributed by atoms with Crippen LogP contribution in [0, 0.1) is 5.92 Å². The van der Waals surface area contributed by atoms with Gasteiger partial charge >= 0.3 is 0 Å². The Balaban J connectivity index is 1.54. The molecule has 2 heterocycles. The van der Waals surface area contributed by atoms with Crippen LogP contribution in [-0.2, 0) is 16.1 Å². The number of carbonyl (C=O) groups is 2. The summed E-state index contributed by atoms with van der Waals surface area (Å²) in [5.41, 5.74) is 1.91. The van der Waals surface area contributed by atoms with Crippen molar-refractivity contribution in [2.45, 2.75) is 25.9 Å². The van der Waals surface area contributed by atoms with Gasteiger partial charge in [0.25, 0.3) is 0 Å². The van der Waals surface area contributed by atoms with Crippen LogP contribution in [0.15, 0.2) is 42.7 Å². The quantitative estimate of drug-likeness (QED) is 0.865. The zero-order valence-electron chi connectivity index (χ0n) is 13.0. The summed E-state index contributed by atoms with van der Waals surface area (Å²) in [6.07, 6.45) is 4.22. The molecular formula is C17H20N4O2. The first-order chi connectivity index (χ1) is 11.1. The van der Waals surface area contributed by atoms with Gasteiger partial charge in [-0.3, -0.25) is 9.59 Å². The predicted octanol–water partition coefficient (Wildman–Crippen LogP) is 1.06. The smallest absolute Gasteiger partial charge is 0.237 e. The maximum atomic E-state index is 12.2. The summed E-state index contributed by atoms with van der Waals surface area (Å²) in [6.45, 7) is 2.58. The molecule has 0 aliphatic carbocycles. The molecule has 2 unspecified atom stereocenters. The van der Waals surface area contributed by atoms with Gasteiger partial charge in [-0.1, -0.05) is 18.2 Å². The summed E-state index contributed by atoms with van der Waals surface area (Å²) in [7, 11) is 0. The van der Waals surface area contributed by atoms with Crippen LogP contribution in [0.3, 0.4) is 0 Å². The summed E-state index contributed by atoms with van der Waals surface area (Å²) in [5, 5.41) is 10.3. The molecule has 120 valence electrons. The van der Waals surface area contributed by atoms with Crippen molar-refractivity contribution < 1.29 is 9.59 Å². The Morgan fingerprint density at radius 3 is 2.83 bits per heavy atom. The standard InChI is InChI=1S/C17H20N4O2/c1-12(22)14-7-16(18-10-14)17(23)19-8-13-9-20-21(11-13)15-5-3-2-4-6-15/h2-6,9,11,14,16,18H,7-8,10H2,1H3,(H,19,23). The lowest BCUT2D eigenvalue weighted by molar-refractivity contribution is -0.123. The van der Waals surface area contributed by atoms with E-state index in [9.17, 15) is 9.59 Å². The molecule has 2 N–H and O–H groups in total. The number of hydrogen-bond donors (Lipinski definition) is 2. The van der Waals surface area contributed by atoms with Gasteiger partial charge in [0, 0.05) is 30.8 Å². The van der Waals surface area contributed by atoms with Crippen LogP contribution in [0.5, 0.6) is 0 Å². The molecule has 23 heavy (non-hydrogen) atoms. The molecule has 3 rings (SSSR count). The minimum atomic E-state index is -0.284. The van der Waals surface area contributed by atoms with E-state index in [2.05, 4.69) is 15.7 Å². The van der Waals surface area contributed by atoms with E-state index in [-0.39, 0.29) is 23.7 Å². The van der Waals surface area contributed by atoms with Crippen LogP contribution in [0.4, 0.5) is 0 Å². The van der Waals surface area contributed by atoms with Crippen molar-refractivity contribution >= 4 is 11.7 Å². The zero-order valence-corrected chi connectivity index (χ0v) is 13.0. The molecule has 0 radical (unpaired) electrons. The predicted molar refractivity (Wildman–Crippen MR) is 86.0 cm³/mol. The second kappa shape index (κ2) is 6.75. The summed E-state index contributed by atoms with van der Waals surface area (Å²) in [6, 6.07) is 9.52. The number of para-hydroxylation sites is 1. The van der Waals surface area contributed by atoms with Gasteiger partial charge in [0.2, 0.25) is 5.91 Å². The Morgan fingerprint density at radius 2 is 2.13 bits per heavy atom. The zero-order chi connectivity index (χ0) is 16.2. The Kier molecular flexibility index (Phi) is 4.52. The number of hydrogen-bond acceptors (Lipinski definition) is 4. The molecule has 1 aliphatic rings. The number of nitrogens with zero attached hydrogens (tertiary/aromatic N) is 2. The lowest BCUT2D eigenvalue weighted by Gasteiger charge is -2.10. The van der Waals surface area contributed by atoms with E-state index in [1.54, 1.807) is 17.8 Å². The molecule has 0 bridgehead atoms. The molecule has 1 amide bonds. The molecule has 1 aromatic heterocycles. The molecule has 1 aromatic carbocycles. The number of Topliss-reactive ketones (excluding diaryl/α,β-unsaturated/α-hetero) is 1. The molecule has 2 atom stereocenters. The summed E-state index contributed by atoms with van der Waals surface area (Å²) in [5.74, 6) is 0.0183. The molecular weight excluding hydrogens is 292 g/mol. The van der Waals surface area contributed by atoms with Crippen molar-refractivity contribution in [1.29, 1.82) is 0 Å².